The lowest BCUT2D eigenvalue weighted by molar-refractivity contribution is 0.201. The van der Waals surface area contributed by atoms with Gasteiger partial charge in [0.25, 0.3) is 5.56 Å². The average molecular weight is 322 g/mol. The number of nitrogens with zero attached hydrogens (tertiary/aromatic N) is 4. The van der Waals surface area contributed by atoms with Gasteiger partial charge in [-0.25, -0.2) is 4.52 Å². The molecule has 5 nitrogen and oxygen atoms in total. The molecule has 1 fully saturated rings. The summed E-state index contributed by atoms with van der Waals surface area (Å²) < 4.78 is 3.65. The van der Waals surface area contributed by atoms with E-state index in [0.29, 0.717) is 5.92 Å². The van der Waals surface area contributed by atoms with Crippen molar-refractivity contribution in [3.05, 3.63) is 70.4 Å². The number of aromatic nitrogens is 3. The van der Waals surface area contributed by atoms with Gasteiger partial charge in [-0.3, -0.25) is 9.69 Å². The first-order chi connectivity index (χ1) is 11.7. The first-order valence-corrected chi connectivity index (χ1v) is 8.51. The van der Waals surface area contributed by atoms with Gasteiger partial charge in [0.1, 0.15) is 0 Å². The molecule has 0 atom stereocenters. The van der Waals surface area contributed by atoms with Crippen LogP contribution in [-0.2, 0) is 13.6 Å². The summed E-state index contributed by atoms with van der Waals surface area (Å²) in [6, 6.07) is 12.2. The Hall–Kier alpha value is -2.40. The Balaban J connectivity index is 1.43. The number of hydrogen-bond donors (Lipinski definition) is 0. The zero-order valence-corrected chi connectivity index (χ0v) is 13.9. The van der Waals surface area contributed by atoms with Gasteiger partial charge in [0.15, 0.2) is 0 Å². The van der Waals surface area contributed by atoms with Crippen LogP contribution in [0.1, 0.15) is 30.0 Å². The van der Waals surface area contributed by atoms with E-state index in [1.807, 2.05) is 23.0 Å². The van der Waals surface area contributed by atoms with Crippen molar-refractivity contribution in [1.82, 2.24) is 19.1 Å². The minimum absolute atomic E-state index is 0.0836. The molecule has 0 N–H and O–H groups in total. The van der Waals surface area contributed by atoms with Gasteiger partial charge in [0.05, 0.1) is 11.2 Å². The minimum atomic E-state index is 0.0836. The molecule has 5 heteroatoms. The zero-order valence-electron chi connectivity index (χ0n) is 13.9. The van der Waals surface area contributed by atoms with Gasteiger partial charge in [0, 0.05) is 32.1 Å². The molecule has 0 radical (unpaired) electrons. The molecule has 0 saturated carbocycles. The number of piperidine rings is 1. The molecular weight excluding hydrogens is 300 g/mol. The zero-order chi connectivity index (χ0) is 16.5. The third-order valence-electron chi connectivity index (χ3n) is 5.07. The van der Waals surface area contributed by atoms with Crippen molar-refractivity contribution in [3.63, 3.8) is 0 Å². The largest absolute Gasteiger partial charge is 0.319 e. The lowest BCUT2D eigenvalue weighted by atomic mass is 9.90. The fraction of sp³-hybridized carbons (Fsp3) is 0.368. The van der Waals surface area contributed by atoms with E-state index < -0.39 is 0 Å². The van der Waals surface area contributed by atoms with Gasteiger partial charge >= 0.3 is 0 Å². The normalized spacial score (nSPS) is 16.7. The van der Waals surface area contributed by atoms with Crippen molar-refractivity contribution < 1.29 is 0 Å². The van der Waals surface area contributed by atoms with Gasteiger partial charge in [-0.1, -0.05) is 6.07 Å². The van der Waals surface area contributed by atoms with Crippen LogP contribution in [0.5, 0.6) is 0 Å². The summed E-state index contributed by atoms with van der Waals surface area (Å²) in [7, 11) is 1.80. The van der Waals surface area contributed by atoms with Crippen LogP contribution in [0.25, 0.3) is 5.52 Å². The summed E-state index contributed by atoms with van der Waals surface area (Å²) in [5.41, 5.74) is 3.64. The third-order valence-corrected chi connectivity index (χ3v) is 5.07. The number of likely N-dealkylation sites (tertiary alicyclic amines) is 1. The highest BCUT2D eigenvalue weighted by Crippen LogP contribution is 2.27. The van der Waals surface area contributed by atoms with Crippen LogP contribution in [0, 0.1) is 0 Å². The lowest BCUT2D eigenvalue weighted by Gasteiger charge is -2.32. The second-order valence-electron chi connectivity index (χ2n) is 6.64. The van der Waals surface area contributed by atoms with Gasteiger partial charge < -0.3 is 4.57 Å². The Kier molecular flexibility index (Phi) is 3.94. The Morgan fingerprint density at radius 2 is 2.00 bits per heavy atom. The van der Waals surface area contributed by atoms with E-state index in [1.54, 1.807) is 17.7 Å². The predicted octanol–water partition coefficient (Wildman–Crippen LogP) is 2.41. The predicted molar refractivity (Wildman–Crippen MR) is 94.1 cm³/mol. The second-order valence-corrected chi connectivity index (χ2v) is 6.64. The Morgan fingerprint density at radius 3 is 2.79 bits per heavy atom. The molecule has 1 aliphatic heterocycles. The number of fused-ring (bicyclic) bond motifs is 1. The lowest BCUT2D eigenvalue weighted by Crippen LogP contribution is -2.33. The topological polar surface area (TPSA) is 42.5 Å². The molecular formula is C19H22N4O. The van der Waals surface area contributed by atoms with E-state index in [1.165, 1.54) is 11.3 Å². The number of rotatable bonds is 3. The summed E-state index contributed by atoms with van der Waals surface area (Å²) in [5, 5.41) is 4.42. The second kappa shape index (κ2) is 6.24. The standard InChI is InChI=1S/C19H22N4O/c1-21-10-6-16(13-19(21)24)15-7-11-22(12-8-15)14-18-4-2-3-17-5-9-20-23(17)18/h2-6,9-10,13,15H,7-8,11-12,14H2,1H3. The van der Waals surface area contributed by atoms with Gasteiger partial charge in [0.2, 0.25) is 0 Å². The van der Waals surface area contributed by atoms with Gasteiger partial charge in [-0.05, 0) is 61.7 Å². The van der Waals surface area contributed by atoms with E-state index in [0.717, 1.165) is 38.0 Å². The highest BCUT2D eigenvalue weighted by molar-refractivity contribution is 5.46. The van der Waals surface area contributed by atoms with Crippen molar-refractivity contribution in [1.29, 1.82) is 0 Å². The molecule has 0 spiro atoms. The van der Waals surface area contributed by atoms with E-state index in [9.17, 15) is 4.79 Å². The van der Waals surface area contributed by atoms with Crippen molar-refractivity contribution in [2.24, 2.45) is 7.05 Å². The average Bonchev–Trinajstić information content (AvgIpc) is 3.08. The molecule has 124 valence electrons. The van der Waals surface area contributed by atoms with Crippen LogP contribution in [0.15, 0.2) is 53.6 Å². The van der Waals surface area contributed by atoms with Crippen LogP contribution >= 0.6 is 0 Å². The Bertz CT molecular complexity index is 903. The summed E-state index contributed by atoms with van der Waals surface area (Å²) in [6.45, 7) is 3.03. The molecule has 0 aromatic carbocycles. The number of aryl methyl sites for hydroxylation is 1. The molecule has 0 aliphatic carbocycles. The summed E-state index contributed by atoms with van der Waals surface area (Å²) in [6.07, 6.45) is 5.92. The summed E-state index contributed by atoms with van der Waals surface area (Å²) in [5.74, 6) is 0.496. The molecule has 4 heterocycles. The van der Waals surface area contributed by atoms with E-state index in [-0.39, 0.29) is 5.56 Å². The van der Waals surface area contributed by atoms with E-state index >= 15 is 0 Å². The van der Waals surface area contributed by atoms with E-state index in [4.69, 9.17) is 0 Å². The minimum Gasteiger partial charge on any atom is -0.319 e. The van der Waals surface area contributed by atoms with Crippen LogP contribution in [0.4, 0.5) is 0 Å². The number of pyridine rings is 2. The molecule has 3 aromatic rings. The molecule has 1 aliphatic rings. The molecule has 24 heavy (non-hydrogen) atoms. The van der Waals surface area contributed by atoms with Crippen LogP contribution in [-0.4, -0.2) is 32.2 Å². The maximum atomic E-state index is 11.8. The molecule has 1 saturated heterocycles. The maximum absolute atomic E-state index is 11.8. The first-order valence-electron chi connectivity index (χ1n) is 8.51. The molecule has 0 amide bonds. The van der Waals surface area contributed by atoms with Crippen LogP contribution in [0.3, 0.4) is 0 Å². The SMILES string of the molecule is Cn1ccc(C2CCN(Cc3cccc4ccnn34)CC2)cc1=O. The first kappa shape index (κ1) is 15.1. The van der Waals surface area contributed by atoms with Crippen LogP contribution < -0.4 is 5.56 Å². The quantitative estimate of drug-likeness (QED) is 0.744. The van der Waals surface area contributed by atoms with Crippen LogP contribution in [0.2, 0.25) is 0 Å². The van der Waals surface area contributed by atoms with Crippen molar-refractivity contribution in [2.45, 2.75) is 25.3 Å². The maximum Gasteiger partial charge on any atom is 0.250 e. The third kappa shape index (κ3) is 2.87. The van der Waals surface area contributed by atoms with Crippen molar-refractivity contribution >= 4 is 5.52 Å². The molecule has 4 rings (SSSR count). The Morgan fingerprint density at radius 1 is 1.17 bits per heavy atom. The molecule has 3 aromatic heterocycles. The monoisotopic (exact) mass is 322 g/mol. The number of hydrogen-bond acceptors (Lipinski definition) is 3. The fourth-order valence-electron chi connectivity index (χ4n) is 3.60. The molecule has 0 unspecified atom stereocenters. The smallest absolute Gasteiger partial charge is 0.250 e. The highest BCUT2D eigenvalue weighted by Gasteiger charge is 2.21. The van der Waals surface area contributed by atoms with Crippen molar-refractivity contribution in [2.75, 3.05) is 13.1 Å². The van der Waals surface area contributed by atoms with Crippen molar-refractivity contribution in [3.8, 4) is 0 Å². The summed E-state index contributed by atoms with van der Waals surface area (Å²) >= 11 is 0. The fourth-order valence-corrected chi connectivity index (χ4v) is 3.60. The van der Waals surface area contributed by atoms with E-state index in [2.05, 4.69) is 34.3 Å². The molecule has 0 bridgehead atoms. The Labute approximate surface area is 141 Å². The van der Waals surface area contributed by atoms with Gasteiger partial charge in [-0.2, -0.15) is 5.10 Å². The van der Waals surface area contributed by atoms with Gasteiger partial charge in [-0.15, -0.1) is 0 Å². The highest BCUT2D eigenvalue weighted by atomic mass is 16.1. The summed E-state index contributed by atoms with van der Waals surface area (Å²) in [4.78, 5) is 14.3.